The van der Waals surface area contributed by atoms with Crippen LogP contribution in [0.5, 0.6) is 0 Å². The lowest BCUT2D eigenvalue weighted by molar-refractivity contribution is 0.831. The van der Waals surface area contributed by atoms with Crippen molar-refractivity contribution in [2.45, 2.75) is 19.8 Å². The standard InChI is InChI=1S/C13H12Br2N2/c1-2-4-13-16-11(8-12(15)17-13)9-5-3-6-10(14)7-9/h3,5-8H,2,4H2,1H3. The number of benzene rings is 1. The second kappa shape index (κ2) is 5.74. The Balaban J connectivity index is 2.44. The van der Waals surface area contributed by atoms with Gasteiger partial charge in [0.1, 0.15) is 10.4 Å². The second-order valence-electron chi connectivity index (χ2n) is 3.75. The highest BCUT2D eigenvalue weighted by atomic mass is 79.9. The van der Waals surface area contributed by atoms with Crippen molar-refractivity contribution in [3.8, 4) is 11.3 Å². The van der Waals surface area contributed by atoms with Gasteiger partial charge in [0, 0.05) is 16.5 Å². The summed E-state index contributed by atoms with van der Waals surface area (Å²) in [6.07, 6.45) is 1.95. The molecule has 0 fully saturated rings. The van der Waals surface area contributed by atoms with Gasteiger partial charge in [-0.1, -0.05) is 35.0 Å². The minimum absolute atomic E-state index is 0.839. The van der Waals surface area contributed by atoms with Crippen LogP contribution >= 0.6 is 31.9 Å². The first-order valence-corrected chi connectivity index (χ1v) is 7.07. The third-order valence-corrected chi connectivity index (χ3v) is 3.23. The van der Waals surface area contributed by atoms with Crippen LogP contribution in [-0.2, 0) is 6.42 Å². The van der Waals surface area contributed by atoms with Crippen LogP contribution in [0.3, 0.4) is 0 Å². The summed E-state index contributed by atoms with van der Waals surface area (Å²) in [5.41, 5.74) is 2.05. The van der Waals surface area contributed by atoms with Gasteiger partial charge in [0.25, 0.3) is 0 Å². The Kier molecular flexibility index (Phi) is 4.29. The monoisotopic (exact) mass is 354 g/mol. The quantitative estimate of drug-likeness (QED) is 0.750. The molecule has 1 heterocycles. The number of halogens is 2. The molecule has 2 aromatic rings. The molecule has 0 aliphatic carbocycles. The lowest BCUT2D eigenvalue weighted by Crippen LogP contribution is -1.97. The van der Waals surface area contributed by atoms with E-state index in [1.165, 1.54) is 0 Å². The Morgan fingerprint density at radius 3 is 2.65 bits per heavy atom. The van der Waals surface area contributed by atoms with Crippen LogP contribution in [0.2, 0.25) is 0 Å². The van der Waals surface area contributed by atoms with Gasteiger partial charge in [-0.05, 0) is 40.5 Å². The Morgan fingerprint density at radius 2 is 1.94 bits per heavy atom. The van der Waals surface area contributed by atoms with Crippen molar-refractivity contribution in [3.63, 3.8) is 0 Å². The third-order valence-electron chi connectivity index (χ3n) is 2.34. The van der Waals surface area contributed by atoms with E-state index in [-0.39, 0.29) is 0 Å². The van der Waals surface area contributed by atoms with Gasteiger partial charge in [0.05, 0.1) is 5.69 Å². The molecule has 2 rings (SSSR count). The first-order chi connectivity index (χ1) is 8.19. The van der Waals surface area contributed by atoms with Gasteiger partial charge < -0.3 is 0 Å². The van der Waals surface area contributed by atoms with Crippen LogP contribution < -0.4 is 0 Å². The maximum atomic E-state index is 4.57. The van der Waals surface area contributed by atoms with E-state index in [1.807, 2.05) is 18.2 Å². The number of nitrogens with zero attached hydrogens (tertiary/aromatic N) is 2. The van der Waals surface area contributed by atoms with E-state index >= 15 is 0 Å². The van der Waals surface area contributed by atoms with Crippen LogP contribution in [0.25, 0.3) is 11.3 Å². The lowest BCUT2D eigenvalue weighted by Gasteiger charge is -2.05. The molecule has 88 valence electrons. The van der Waals surface area contributed by atoms with Crippen molar-refractivity contribution >= 4 is 31.9 Å². The molecule has 4 heteroatoms. The summed E-state index contributed by atoms with van der Waals surface area (Å²) in [5, 5.41) is 0. The molecule has 1 aromatic carbocycles. The van der Waals surface area contributed by atoms with Gasteiger partial charge >= 0.3 is 0 Å². The second-order valence-corrected chi connectivity index (χ2v) is 5.48. The summed E-state index contributed by atoms with van der Waals surface area (Å²) < 4.78 is 1.90. The zero-order chi connectivity index (χ0) is 12.3. The van der Waals surface area contributed by atoms with E-state index in [0.29, 0.717) is 0 Å². The molecule has 2 nitrogen and oxygen atoms in total. The van der Waals surface area contributed by atoms with Crippen molar-refractivity contribution in [2.75, 3.05) is 0 Å². The molecule has 1 aromatic heterocycles. The van der Waals surface area contributed by atoms with Crippen LogP contribution in [0.1, 0.15) is 19.2 Å². The summed E-state index contributed by atoms with van der Waals surface area (Å²) in [6, 6.07) is 10.1. The van der Waals surface area contributed by atoms with Gasteiger partial charge in [-0.15, -0.1) is 0 Å². The summed E-state index contributed by atoms with van der Waals surface area (Å²) in [7, 11) is 0. The molecule has 0 aliphatic rings. The Labute approximate surface area is 118 Å². The van der Waals surface area contributed by atoms with Crippen LogP contribution in [0.15, 0.2) is 39.4 Å². The first-order valence-electron chi connectivity index (χ1n) is 5.48. The fraction of sp³-hybridized carbons (Fsp3) is 0.231. The van der Waals surface area contributed by atoms with Gasteiger partial charge in [0.2, 0.25) is 0 Å². The molecule has 0 saturated carbocycles. The minimum Gasteiger partial charge on any atom is -0.233 e. The maximum Gasteiger partial charge on any atom is 0.130 e. The Hall–Kier alpha value is -0.740. The normalized spacial score (nSPS) is 10.5. The molecule has 17 heavy (non-hydrogen) atoms. The van der Waals surface area contributed by atoms with Crippen LogP contribution in [-0.4, -0.2) is 9.97 Å². The third kappa shape index (κ3) is 3.36. The molecule has 0 N–H and O–H groups in total. The fourth-order valence-electron chi connectivity index (χ4n) is 1.60. The van der Waals surface area contributed by atoms with Gasteiger partial charge in [-0.25, -0.2) is 9.97 Å². The highest BCUT2D eigenvalue weighted by Gasteiger charge is 2.05. The fourth-order valence-corrected chi connectivity index (χ4v) is 2.42. The molecule has 0 atom stereocenters. The molecular weight excluding hydrogens is 344 g/mol. The van der Waals surface area contributed by atoms with E-state index in [9.17, 15) is 0 Å². The zero-order valence-corrected chi connectivity index (χ0v) is 12.6. The highest BCUT2D eigenvalue weighted by molar-refractivity contribution is 9.10. The van der Waals surface area contributed by atoms with E-state index in [4.69, 9.17) is 0 Å². The van der Waals surface area contributed by atoms with E-state index in [1.54, 1.807) is 0 Å². The van der Waals surface area contributed by atoms with Crippen molar-refractivity contribution in [2.24, 2.45) is 0 Å². The molecule has 0 radical (unpaired) electrons. The van der Waals surface area contributed by atoms with Crippen molar-refractivity contribution < 1.29 is 0 Å². The first kappa shape index (κ1) is 12.7. The molecule has 0 bridgehead atoms. The molecular formula is C13H12Br2N2. The maximum absolute atomic E-state index is 4.57. The predicted molar refractivity (Wildman–Crippen MR) is 76.9 cm³/mol. The SMILES string of the molecule is CCCc1nc(Br)cc(-c2cccc(Br)c2)n1. The Morgan fingerprint density at radius 1 is 1.12 bits per heavy atom. The molecule has 0 amide bonds. The van der Waals surface area contributed by atoms with E-state index in [0.717, 1.165) is 39.0 Å². The smallest absolute Gasteiger partial charge is 0.130 e. The summed E-state index contributed by atoms with van der Waals surface area (Å²) in [6.45, 7) is 2.13. The van der Waals surface area contributed by atoms with E-state index < -0.39 is 0 Å². The Bertz CT molecular complexity index is 527. The van der Waals surface area contributed by atoms with Crippen molar-refractivity contribution in [1.29, 1.82) is 0 Å². The number of aromatic nitrogens is 2. The molecule has 0 unspecified atom stereocenters. The minimum atomic E-state index is 0.839. The number of aryl methyl sites for hydroxylation is 1. The van der Waals surface area contributed by atoms with Crippen LogP contribution in [0.4, 0.5) is 0 Å². The summed E-state index contributed by atoms with van der Waals surface area (Å²) >= 11 is 6.91. The predicted octanol–water partition coefficient (Wildman–Crippen LogP) is 4.62. The number of hydrogen-bond acceptors (Lipinski definition) is 2. The van der Waals surface area contributed by atoms with Gasteiger partial charge in [-0.2, -0.15) is 0 Å². The molecule has 0 spiro atoms. The average molecular weight is 356 g/mol. The topological polar surface area (TPSA) is 25.8 Å². The number of rotatable bonds is 3. The van der Waals surface area contributed by atoms with Gasteiger partial charge in [-0.3, -0.25) is 0 Å². The van der Waals surface area contributed by atoms with Crippen molar-refractivity contribution in [1.82, 2.24) is 9.97 Å². The highest BCUT2D eigenvalue weighted by Crippen LogP contribution is 2.23. The van der Waals surface area contributed by atoms with Gasteiger partial charge in [0.15, 0.2) is 0 Å². The summed E-state index contributed by atoms with van der Waals surface area (Å²) in [4.78, 5) is 8.94. The summed E-state index contributed by atoms with van der Waals surface area (Å²) in [5.74, 6) is 0.886. The molecule has 0 saturated heterocycles. The van der Waals surface area contributed by atoms with Crippen molar-refractivity contribution in [3.05, 3.63) is 45.2 Å². The number of hydrogen-bond donors (Lipinski definition) is 0. The molecule has 0 aliphatic heterocycles. The average Bonchev–Trinajstić information content (AvgIpc) is 2.28. The lowest BCUT2D eigenvalue weighted by atomic mass is 10.1. The van der Waals surface area contributed by atoms with E-state index in [2.05, 4.69) is 60.9 Å². The largest absolute Gasteiger partial charge is 0.233 e. The van der Waals surface area contributed by atoms with Crippen LogP contribution in [0, 0.1) is 0 Å². The zero-order valence-electron chi connectivity index (χ0n) is 9.45.